The number of phenols is 1. The summed E-state index contributed by atoms with van der Waals surface area (Å²) in [5.41, 5.74) is -2.21. The highest BCUT2D eigenvalue weighted by Crippen LogP contribution is 2.64. The van der Waals surface area contributed by atoms with Crippen molar-refractivity contribution in [3.05, 3.63) is 48.9 Å². The van der Waals surface area contributed by atoms with E-state index < -0.39 is 46.0 Å². The zero-order valence-electron chi connectivity index (χ0n) is 23.1. The molecule has 4 aromatic carbocycles. The standard InChI is InChI=1S/C30H26O11/c1-10-9-29-23-21-17(26(35)28(29)39-6)13(33)8-15(37-4)19(21)18-14(36-3)7-12(32)16-20(18)22(23)24(27(38-5)25(16)34)30(40-10,41-29)11(2)31/h7-8,10,28,34-35H,9H2,1-6H3/t10-,28+,29+,30+/m0/s1. The van der Waals surface area contributed by atoms with Crippen molar-refractivity contribution in [1.82, 2.24) is 0 Å². The average molecular weight is 563 g/mol. The number of phenolic OH excluding ortho intramolecular Hbond substituents is 1. The third kappa shape index (κ3) is 2.67. The lowest BCUT2D eigenvalue weighted by atomic mass is 9.67. The van der Waals surface area contributed by atoms with Gasteiger partial charge in [0, 0.05) is 65.1 Å². The lowest BCUT2D eigenvalue weighted by Gasteiger charge is -2.56. The molecule has 4 aromatic rings. The predicted octanol–water partition coefficient (Wildman–Crippen LogP) is 2.23. The van der Waals surface area contributed by atoms with Crippen LogP contribution in [0.2, 0.25) is 0 Å². The number of benzene rings is 4. The number of ketones is 1. The molecule has 7 rings (SSSR count). The largest absolute Gasteiger partial charge is 0.509 e. The van der Waals surface area contributed by atoms with E-state index >= 15 is 0 Å². The van der Waals surface area contributed by atoms with E-state index in [1.54, 1.807) is 6.92 Å². The summed E-state index contributed by atoms with van der Waals surface area (Å²) < 4.78 is 35.9. The van der Waals surface area contributed by atoms with E-state index in [9.17, 15) is 24.6 Å². The van der Waals surface area contributed by atoms with Gasteiger partial charge in [-0.15, -0.1) is 0 Å². The highest BCUT2D eigenvalue weighted by molar-refractivity contribution is 6.30. The first-order valence-electron chi connectivity index (χ1n) is 13.0. The first-order chi connectivity index (χ1) is 19.5. The Morgan fingerprint density at radius 1 is 0.878 bits per heavy atom. The van der Waals surface area contributed by atoms with Gasteiger partial charge in [0.15, 0.2) is 28.1 Å². The molecular weight excluding hydrogens is 536 g/mol. The van der Waals surface area contributed by atoms with Gasteiger partial charge in [-0.05, 0) is 6.92 Å². The molecule has 2 bridgehead atoms. The molecule has 41 heavy (non-hydrogen) atoms. The third-order valence-corrected chi connectivity index (χ3v) is 8.75. The van der Waals surface area contributed by atoms with Crippen molar-refractivity contribution in [3.8, 4) is 23.0 Å². The van der Waals surface area contributed by atoms with E-state index in [-0.39, 0.29) is 51.0 Å². The number of hydrogen-bond donors (Lipinski definition) is 2. The van der Waals surface area contributed by atoms with Gasteiger partial charge in [0.2, 0.25) is 0 Å². The van der Waals surface area contributed by atoms with E-state index in [2.05, 4.69) is 0 Å². The fraction of sp³-hybridized carbons (Fsp3) is 0.367. The minimum atomic E-state index is -2.12. The number of rotatable bonds is 5. The lowest BCUT2D eigenvalue weighted by Crippen LogP contribution is -2.63. The Kier molecular flexibility index (Phi) is 5.00. The van der Waals surface area contributed by atoms with Crippen LogP contribution in [0.3, 0.4) is 0 Å². The Balaban J connectivity index is 2.00. The SMILES string of the molecule is COc1c2c3c4c5c(c(=O)cc(OC)c5c5c(OC)cc(=O)c(c1O)c35)=C(O)[C@@H](OC)[C@@]41C[C@H](C)O[C@]2(C(C)=O)O1. The number of fused-ring (bicyclic) bond motifs is 3. The van der Waals surface area contributed by atoms with Crippen molar-refractivity contribution in [2.45, 2.75) is 43.9 Å². The number of aliphatic hydroxyl groups is 1. The van der Waals surface area contributed by atoms with E-state index in [4.69, 9.17) is 28.4 Å². The summed E-state index contributed by atoms with van der Waals surface area (Å²) in [6.45, 7) is 3.03. The van der Waals surface area contributed by atoms with Crippen molar-refractivity contribution in [2.24, 2.45) is 0 Å². The van der Waals surface area contributed by atoms with E-state index in [1.807, 2.05) is 0 Å². The van der Waals surface area contributed by atoms with Crippen LogP contribution in [0.4, 0.5) is 0 Å². The van der Waals surface area contributed by atoms with E-state index in [1.165, 1.54) is 47.5 Å². The van der Waals surface area contributed by atoms with Crippen molar-refractivity contribution in [2.75, 3.05) is 28.4 Å². The van der Waals surface area contributed by atoms with Crippen LogP contribution in [0.15, 0.2) is 21.7 Å². The summed E-state index contributed by atoms with van der Waals surface area (Å²) >= 11 is 0. The van der Waals surface area contributed by atoms with Gasteiger partial charge in [0.1, 0.15) is 29.0 Å². The molecule has 2 aliphatic heterocycles. The molecule has 3 aliphatic rings. The zero-order valence-corrected chi connectivity index (χ0v) is 23.1. The van der Waals surface area contributed by atoms with Gasteiger partial charge in [-0.3, -0.25) is 14.4 Å². The molecule has 1 fully saturated rings. The normalized spacial score (nSPS) is 26.2. The minimum Gasteiger partial charge on any atom is -0.509 e. The summed E-state index contributed by atoms with van der Waals surface area (Å²) in [5, 5.41) is 24.7. The van der Waals surface area contributed by atoms with Crippen LogP contribution in [0, 0.1) is 0 Å². The fourth-order valence-corrected chi connectivity index (χ4v) is 7.47. The monoisotopic (exact) mass is 562 g/mol. The molecule has 212 valence electrons. The van der Waals surface area contributed by atoms with Crippen LogP contribution in [0.5, 0.6) is 23.0 Å². The zero-order chi connectivity index (χ0) is 29.3. The van der Waals surface area contributed by atoms with Gasteiger partial charge in [-0.1, -0.05) is 0 Å². The van der Waals surface area contributed by atoms with E-state index in [0.717, 1.165) is 0 Å². The van der Waals surface area contributed by atoms with Crippen molar-refractivity contribution < 1.29 is 43.4 Å². The van der Waals surface area contributed by atoms with Crippen LogP contribution >= 0.6 is 0 Å². The van der Waals surface area contributed by atoms with Crippen molar-refractivity contribution in [1.29, 1.82) is 0 Å². The molecule has 2 N–H and O–H groups in total. The predicted molar refractivity (Wildman–Crippen MR) is 146 cm³/mol. The molecule has 2 heterocycles. The van der Waals surface area contributed by atoms with Crippen molar-refractivity contribution in [3.63, 3.8) is 0 Å². The maximum Gasteiger partial charge on any atom is 0.261 e. The van der Waals surface area contributed by atoms with E-state index in [0.29, 0.717) is 27.1 Å². The smallest absolute Gasteiger partial charge is 0.261 e. The maximum atomic E-state index is 13.6. The number of hydrogen-bond acceptors (Lipinski definition) is 11. The summed E-state index contributed by atoms with van der Waals surface area (Å²) in [4.78, 5) is 40.9. The second kappa shape index (κ2) is 7.96. The Morgan fingerprint density at radius 2 is 1.51 bits per heavy atom. The number of aliphatic hydroxyl groups excluding tert-OH is 1. The number of carbonyl (C=O) groups is 1. The molecule has 1 saturated heterocycles. The molecule has 1 spiro atoms. The summed E-state index contributed by atoms with van der Waals surface area (Å²) in [5.74, 6) is -3.46. The highest BCUT2D eigenvalue weighted by atomic mass is 16.7. The summed E-state index contributed by atoms with van der Waals surface area (Å²) in [7, 11) is 5.45. The van der Waals surface area contributed by atoms with Gasteiger partial charge >= 0.3 is 0 Å². The first-order valence-corrected chi connectivity index (χ1v) is 13.0. The molecule has 1 aliphatic carbocycles. The van der Waals surface area contributed by atoms with Gasteiger partial charge in [-0.25, -0.2) is 0 Å². The third-order valence-electron chi connectivity index (χ3n) is 8.75. The molecule has 0 radical (unpaired) electrons. The average Bonchev–Trinajstić information content (AvgIpc) is 2.92. The molecule has 0 aromatic heterocycles. The Morgan fingerprint density at radius 3 is 2.10 bits per heavy atom. The number of Topliss-reactive ketones (excluding diaryl/α,β-unsaturated/α-hetero) is 1. The molecule has 4 atom stereocenters. The van der Waals surface area contributed by atoms with Gasteiger partial charge in [0.05, 0.1) is 43.6 Å². The minimum absolute atomic E-state index is 0.0311. The van der Waals surface area contributed by atoms with Crippen LogP contribution in [0.1, 0.15) is 31.4 Å². The Hall–Kier alpha value is -4.19. The fourth-order valence-electron chi connectivity index (χ4n) is 7.47. The molecule has 11 nitrogen and oxygen atoms in total. The Bertz CT molecular complexity index is 2050. The quantitative estimate of drug-likeness (QED) is 0.273. The summed E-state index contributed by atoms with van der Waals surface area (Å²) in [6.07, 6.45) is -1.76. The van der Waals surface area contributed by atoms with Crippen LogP contribution in [0.25, 0.3) is 38.1 Å². The number of carbonyl (C=O) groups excluding carboxylic acids is 1. The second-order valence-corrected chi connectivity index (χ2v) is 10.7. The number of aromatic hydroxyl groups is 1. The number of methoxy groups -OCH3 is 4. The molecule has 0 saturated carbocycles. The molecule has 0 unspecified atom stereocenters. The lowest BCUT2D eigenvalue weighted by molar-refractivity contribution is -0.357. The molecule has 11 heteroatoms. The second-order valence-electron chi connectivity index (χ2n) is 10.7. The van der Waals surface area contributed by atoms with Crippen LogP contribution < -0.4 is 30.3 Å². The molecular formula is C30H26O11. The first kappa shape index (κ1) is 25.8. The molecule has 0 amide bonds. The number of ether oxygens (including phenoxy) is 6. The van der Waals surface area contributed by atoms with Crippen LogP contribution in [-0.2, 0) is 30.4 Å². The topological polar surface area (TPSA) is 147 Å². The maximum absolute atomic E-state index is 13.6. The van der Waals surface area contributed by atoms with Gasteiger partial charge in [0.25, 0.3) is 5.79 Å². The highest BCUT2D eigenvalue weighted by Gasteiger charge is 2.65. The van der Waals surface area contributed by atoms with Crippen molar-refractivity contribution >= 4 is 43.9 Å². The van der Waals surface area contributed by atoms with Crippen LogP contribution in [-0.4, -0.2) is 56.6 Å². The summed E-state index contributed by atoms with van der Waals surface area (Å²) in [6, 6.07) is 2.47. The van der Waals surface area contributed by atoms with Gasteiger partial charge < -0.3 is 38.6 Å². The Labute approximate surface area is 231 Å². The van der Waals surface area contributed by atoms with Gasteiger partial charge in [-0.2, -0.15) is 0 Å².